The van der Waals surface area contributed by atoms with E-state index in [-0.39, 0.29) is 52.7 Å². The largest absolute Gasteiger partial charge is 0.475 e. The summed E-state index contributed by atoms with van der Waals surface area (Å²) in [6.45, 7) is 22.7. The van der Waals surface area contributed by atoms with Gasteiger partial charge in [-0.25, -0.2) is 23.1 Å². The number of amides is 1. The molecule has 0 aliphatic carbocycles. The van der Waals surface area contributed by atoms with Crippen LogP contribution in [0.15, 0.2) is 59.6 Å². The van der Waals surface area contributed by atoms with Gasteiger partial charge in [0, 0.05) is 38.1 Å². The Morgan fingerprint density at radius 3 is 2.37 bits per heavy atom. The van der Waals surface area contributed by atoms with Crippen LogP contribution < -0.4 is 9.46 Å². The monoisotopic (exact) mass is 746 g/mol. The summed E-state index contributed by atoms with van der Waals surface area (Å²) in [6.07, 6.45) is 2.59. The number of carbonyl (C=O) groups excluding carboxylic acids is 1. The molecule has 0 fully saturated rings. The number of nitrogens with one attached hydrogen (secondary N) is 1. The van der Waals surface area contributed by atoms with Crippen molar-refractivity contribution in [3.63, 3.8) is 0 Å². The molecule has 5 rings (SSSR count). The Morgan fingerprint density at radius 2 is 1.71 bits per heavy atom. The van der Waals surface area contributed by atoms with Gasteiger partial charge in [0.1, 0.15) is 19.2 Å². The molecule has 1 aliphatic heterocycles. The third-order valence-electron chi connectivity index (χ3n) is 9.04. The van der Waals surface area contributed by atoms with Gasteiger partial charge < -0.3 is 18.9 Å². The number of rotatable bonds is 10. The van der Waals surface area contributed by atoms with Crippen LogP contribution in [0.1, 0.15) is 80.0 Å². The molecule has 11 nitrogen and oxygen atoms in total. The van der Waals surface area contributed by atoms with Gasteiger partial charge in [-0.3, -0.25) is 4.79 Å². The first-order valence-corrected chi connectivity index (χ1v) is 23.1. The van der Waals surface area contributed by atoms with Gasteiger partial charge >= 0.3 is 0 Å². The highest BCUT2D eigenvalue weighted by Gasteiger charge is 2.33. The van der Waals surface area contributed by atoms with E-state index in [0.717, 1.165) is 28.4 Å². The van der Waals surface area contributed by atoms with Crippen LogP contribution in [-0.2, 0) is 28.0 Å². The lowest BCUT2D eigenvalue weighted by atomic mass is 9.87. The zero-order valence-electron chi connectivity index (χ0n) is 32.3. The first-order valence-electron chi connectivity index (χ1n) is 18.0. The summed E-state index contributed by atoms with van der Waals surface area (Å²) >= 11 is 0. The van der Waals surface area contributed by atoms with Crippen molar-refractivity contribution >= 4 is 30.0 Å². The standard InChI is InChI=1S/C39H54N6O5SSi/c1-26(2)33-22-44(25-49-17-18-52(8,9)10)34(40-33)23-45-30(21-39(5,6)7)24-50-35-20-32(36-27(3)13-11-14-28(36)4)41-38(42-35)43-51(47,48)31-16-12-15-29(19-31)37(45)46/h11-16,19-20,22,26,30H,17-18,21,23-25H2,1-10H3,(H,41,42,43)/t30-/m1/s1. The highest BCUT2D eigenvalue weighted by Crippen LogP contribution is 2.32. The van der Waals surface area contributed by atoms with Gasteiger partial charge in [0.05, 0.1) is 28.9 Å². The molecule has 0 spiro atoms. The summed E-state index contributed by atoms with van der Waals surface area (Å²) in [4.78, 5) is 30.6. The molecule has 2 aromatic heterocycles. The molecule has 1 atom stereocenters. The van der Waals surface area contributed by atoms with E-state index in [1.54, 1.807) is 23.1 Å². The van der Waals surface area contributed by atoms with Crippen LogP contribution in [0.25, 0.3) is 11.3 Å². The highest BCUT2D eigenvalue weighted by atomic mass is 32.2. The van der Waals surface area contributed by atoms with Gasteiger partial charge in [-0.15, -0.1) is 0 Å². The summed E-state index contributed by atoms with van der Waals surface area (Å²) in [6, 6.07) is 14.4. The lowest BCUT2D eigenvalue weighted by Gasteiger charge is -2.35. The Kier molecular flexibility index (Phi) is 11.7. The van der Waals surface area contributed by atoms with E-state index in [1.165, 1.54) is 12.1 Å². The Balaban J connectivity index is 1.63. The van der Waals surface area contributed by atoms with Crippen LogP contribution in [-0.4, -0.2) is 66.1 Å². The van der Waals surface area contributed by atoms with Crippen molar-refractivity contribution in [3.05, 3.63) is 82.9 Å². The van der Waals surface area contributed by atoms with E-state index in [2.05, 4.69) is 68.9 Å². The number of anilines is 1. The van der Waals surface area contributed by atoms with Gasteiger partial charge in [-0.05, 0) is 67.0 Å². The third-order valence-corrected chi connectivity index (χ3v) is 12.1. The van der Waals surface area contributed by atoms with E-state index >= 15 is 0 Å². The number of nitrogens with zero attached hydrogens (tertiary/aromatic N) is 5. The number of aryl methyl sites for hydroxylation is 2. The topological polar surface area (TPSA) is 129 Å². The van der Waals surface area contributed by atoms with Crippen molar-refractivity contribution in [2.45, 2.75) is 111 Å². The lowest BCUT2D eigenvalue weighted by Crippen LogP contribution is -2.45. The minimum atomic E-state index is -4.19. The van der Waals surface area contributed by atoms with Crippen molar-refractivity contribution in [2.75, 3.05) is 17.9 Å². The van der Waals surface area contributed by atoms with Crippen molar-refractivity contribution in [3.8, 4) is 17.1 Å². The molecule has 52 heavy (non-hydrogen) atoms. The molecule has 0 unspecified atom stereocenters. The van der Waals surface area contributed by atoms with Gasteiger partial charge in [-0.2, -0.15) is 4.98 Å². The maximum Gasteiger partial charge on any atom is 0.264 e. The van der Waals surface area contributed by atoms with Gasteiger partial charge in [-0.1, -0.05) is 78.5 Å². The second kappa shape index (κ2) is 15.5. The zero-order valence-corrected chi connectivity index (χ0v) is 34.1. The molecule has 0 saturated heterocycles. The number of ether oxygens (including phenoxy) is 2. The molecular weight excluding hydrogens is 693 g/mol. The Bertz CT molecular complexity index is 2000. The Morgan fingerprint density at radius 1 is 1.02 bits per heavy atom. The Labute approximate surface area is 310 Å². The van der Waals surface area contributed by atoms with E-state index in [9.17, 15) is 13.2 Å². The smallest absolute Gasteiger partial charge is 0.264 e. The minimum absolute atomic E-state index is 0.0761. The van der Waals surface area contributed by atoms with E-state index in [4.69, 9.17) is 14.5 Å². The van der Waals surface area contributed by atoms with Crippen LogP contribution >= 0.6 is 0 Å². The lowest BCUT2D eigenvalue weighted by molar-refractivity contribution is 0.0476. The highest BCUT2D eigenvalue weighted by molar-refractivity contribution is 7.92. The molecular formula is C39H54N6O5SSi. The van der Waals surface area contributed by atoms with Crippen LogP contribution in [0.2, 0.25) is 25.7 Å². The molecule has 1 aliphatic rings. The van der Waals surface area contributed by atoms with Crippen LogP contribution in [0.4, 0.5) is 5.95 Å². The molecule has 280 valence electrons. The molecule has 0 saturated carbocycles. The average Bonchev–Trinajstić information content (AvgIpc) is 3.45. The number of aromatic nitrogens is 4. The third kappa shape index (κ3) is 9.87. The number of fused-ring (bicyclic) bond motifs is 4. The van der Waals surface area contributed by atoms with E-state index in [1.807, 2.05) is 42.8 Å². The maximum atomic E-state index is 14.7. The van der Waals surface area contributed by atoms with Crippen molar-refractivity contribution in [2.24, 2.45) is 5.41 Å². The Hall–Kier alpha value is -4.07. The fourth-order valence-corrected chi connectivity index (χ4v) is 7.98. The normalized spacial score (nSPS) is 16.5. The van der Waals surface area contributed by atoms with E-state index in [0.29, 0.717) is 31.3 Å². The number of hydrogen-bond donors (Lipinski definition) is 1. The summed E-state index contributed by atoms with van der Waals surface area (Å²) in [7, 11) is -5.48. The number of imidazole rings is 1. The van der Waals surface area contributed by atoms with Crippen molar-refractivity contribution < 1.29 is 22.7 Å². The molecule has 4 aromatic rings. The van der Waals surface area contributed by atoms with Crippen LogP contribution in [0.3, 0.4) is 0 Å². The number of benzene rings is 2. The first kappa shape index (κ1) is 39.1. The number of carbonyl (C=O) groups is 1. The fraction of sp³-hybridized carbons (Fsp3) is 0.487. The van der Waals surface area contributed by atoms with Gasteiger partial charge in [0.15, 0.2) is 0 Å². The average molecular weight is 747 g/mol. The second-order valence-electron chi connectivity index (χ2n) is 16.5. The molecule has 2 aromatic carbocycles. The predicted octanol–water partition coefficient (Wildman–Crippen LogP) is 8.03. The first-order chi connectivity index (χ1) is 24.3. The SMILES string of the molecule is Cc1cccc(C)c1-c1cc2nc(n1)NS(=O)(=O)c1cccc(c1)C(=O)N(Cc1nc(C(C)C)cn1COCC[Si](C)(C)C)[C@H](CC(C)(C)C)CO2. The van der Waals surface area contributed by atoms with Gasteiger partial charge in [0.25, 0.3) is 15.9 Å². The minimum Gasteiger partial charge on any atom is -0.475 e. The fourth-order valence-electron chi connectivity index (χ4n) is 6.23. The molecule has 4 bridgehead atoms. The van der Waals surface area contributed by atoms with Crippen molar-refractivity contribution in [1.82, 2.24) is 24.4 Å². The van der Waals surface area contributed by atoms with Crippen LogP contribution in [0, 0.1) is 19.3 Å². The summed E-state index contributed by atoms with van der Waals surface area (Å²) in [5, 5.41) is 0. The van der Waals surface area contributed by atoms with E-state index < -0.39 is 24.1 Å². The zero-order chi connectivity index (χ0) is 38.0. The second-order valence-corrected chi connectivity index (χ2v) is 23.8. The molecule has 1 amide bonds. The molecule has 0 radical (unpaired) electrons. The molecule has 3 heterocycles. The van der Waals surface area contributed by atoms with Crippen molar-refractivity contribution in [1.29, 1.82) is 0 Å². The predicted molar refractivity (Wildman–Crippen MR) is 208 cm³/mol. The summed E-state index contributed by atoms with van der Waals surface area (Å²) in [5.74, 6) is 0.590. The summed E-state index contributed by atoms with van der Waals surface area (Å²) in [5.41, 5.74) is 4.28. The molecule has 1 N–H and O–H groups in total. The summed E-state index contributed by atoms with van der Waals surface area (Å²) < 4.78 is 44.8. The maximum absolute atomic E-state index is 14.7. The number of sulfonamides is 1. The number of hydrogen-bond acceptors (Lipinski definition) is 8. The molecule has 13 heteroatoms. The quantitative estimate of drug-likeness (QED) is 0.128. The van der Waals surface area contributed by atoms with Gasteiger partial charge in [0.2, 0.25) is 11.8 Å². The van der Waals surface area contributed by atoms with Crippen LogP contribution in [0.5, 0.6) is 5.88 Å².